The monoisotopic (exact) mass is 390 g/mol. The summed E-state index contributed by atoms with van der Waals surface area (Å²) >= 11 is 0. The van der Waals surface area contributed by atoms with E-state index < -0.39 is 0 Å². The van der Waals surface area contributed by atoms with Gasteiger partial charge < -0.3 is 9.42 Å². The average Bonchev–Trinajstić information content (AvgIpc) is 3.29. The van der Waals surface area contributed by atoms with Gasteiger partial charge in [0, 0.05) is 37.3 Å². The molecule has 29 heavy (non-hydrogen) atoms. The Morgan fingerprint density at radius 2 is 1.72 bits per heavy atom. The Morgan fingerprint density at radius 3 is 2.38 bits per heavy atom. The Morgan fingerprint density at radius 1 is 1.03 bits per heavy atom. The largest absolute Gasteiger partial charge is 0.337 e. The number of amides is 1. The van der Waals surface area contributed by atoms with Crippen LogP contribution in [-0.4, -0.2) is 52.0 Å². The van der Waals surface area contributed by atoms with Crippen molar-refractivity contribution in [2.75, 3.05) is 26.2 Å². The molecule has 1 aliphatic heterocycles. The number of hydrogen-bond acceptors (Lipinski definition) is 5. The fraction of sp³-hybridized carbons (Fsp3) is 0.348. The van der Waals surface area contributed by atoms with Crippen LogP contribution in [0, 0.1) is 0 Å². The molecule has 0 spiro atoms. The van der Waals surface area contributed by atoms with Crippen LogP contribution in [0.3, 0.4) is 0 Å². The summed E-state index contributed by atoms with van der Waals surface area (Å²) < 4.78 is 5.52. The number of carbonyl (C=O) groups excluding carboxylic acids is 1. The van der Waals surface area contributed by atoms with E-state index in [9.17, 15) is 4.79 Å². The highest BCUT2D eigenvalue weighted by Crippen LogP contribution is 2.23. The highest BCUT2D eigenvalue weighted by atomic mass is 16.5. The minimum atomic E-state index is 0.0149. The lowest BCUT2D eigenvalue weighted by Crippen LogP contribution is -2.49. The van der Waals surface area contributed by atoms with Crippen LogP contribution in [0.25, 0.3) is 11.4 Å². The van der Waals surface area contributed by atoms with Crippen molar-refractivity contribution in [2.24, 2.45) is 0 Å². The summed E-state index contributed by atoms with van der Waals surface area (Å²) in [4.78, 5) is 21.6. The molecule has 1 saturated heterocycles. The molecule has 6 heteroatoms. The highest BCUT2D eigenvalue weighted by Gasteiger charge is 2.28. The van der Waals surface area contributed by atoms with Gasteiger partial charge in [0.05, 0.1) is 6.04 Å². The van der Waals surface area contributed by atoms with Gasteiger partial charge in [0.1, 0.15) is 0 Å². The zero-order valence-corrected chi connectivity index (χ0v) is 16.9. The minimum Gasteiger partial charge on any atom is -0.337 e. The molecule has 4 rings (SSSR count). The summed E-state index contributed by atoms with van der Waals surface area (Å²) in [5.41, 5.74) is 2.95. The normalized spacial score (nSPS) is 16.0. The van der Waals surface area contributed by atoms with Gasteiger partial charge in [0.15, 0.2) is 0 Å². The molecule has 3 aromatic rings. The van der Waals surface area contributed by atoms with Crippen LogP contribution in [0.15, 0.2) is 59.1 Å². The third-order valence-corrected chi connectivity index (χ3v) is 5.59. The van der Waals surface area contributed by atoms with Crippen LogP contribution in [0.1, 0.15) is 41.7 Å². The van der Waals surface area contributed by atoms with Gasteiger partial charge in [-0.1, -0.05) is 54.5 Å². The van der Waals surface area contributed by atoms with Crippen molar-refractivity contribution in [1.82, 2.24) is 19.9 Å². The zero-order chi connectivity index (χ0) is 20.2. The quantitative estimate of drug-likeness (QED) is 0.663. The molecule has 0 bridgehead atoms. The van der Waals surface area contributed by atoms with E-state index in [1.165, 1.54) is 5.56 Å². The topological polar surface area (TPSA) is 62.5 Å². The molecule has 150 valence electrons. The van der Waals surface area contributed by atoms with E-state index in [4.69, 9.17) is 4.52 Å². The first-order chi connectivity index (χ1) is 14.2. The van der Waals surface area contributed by atoms with Crippen molar-refractivity contribution in [3.8, 4) is 11.4 Å². The number of rotatable bonds is 5. The minimum absolute atomic E-state index is 0.0149. The lowest BCUT2D eigenvalue weighted by Gasteiger charge is -2.36. The van der Waals surface area contributed by atoms with E-state index in [0.29, 0.717) is 24.8 Å². The van der Waals surface area contributed by atoms with Crippen molar-refractivity contribution in [2.45, 2.75) is 26.3 Å². The fourth-order valence-electron chi connectivity index (χ4n) is 3.64. The summed E-state index contributed by atoms with van der Waals surface area (Å²) in [6.07, 6.45) is 0.979. The summed E-state index contributed by atoms with van der Waals surface area (Å²) in [5.74, 6) is 1.32. The third kappa shape index (κ3) is 4.22. The zero-order valence-electron chi connectivity index (χ0n) is 16.9. The van der Waals surface area contributed by atoms with Crippen LogP contribution in [0.4, 0.5) is 0 Å². The van der Waals surface area contributed by atoms with Crippen LogP contribution in [0.5, 0.6) is 0 Å². The Bertz CT molecular complexity index is 945. The molecule has 1 aliphatic rings. The summed E-state index contributed by atoms with van der Waals surface area (Å²) in [5, 5.41) is 4.12. The van der Waals surface area contributed by atoms with Crippen LogP contribution in [-0.2, 0) is 6.42 Å². The molecular formula is C23H26N4O2. The van der Waals surface area contributed by atoms with E-state index in [1.807, 2.05) is 59.5 Å². The van der Waals surface area contributed by atoms with Crippen LogP contribution < -0.4 is 0 Å². The molecule has 6 nitrogen and oxygen atoms in total. The first-order valence-corrected chi connectivity index (χ1v) is 10.2. The second-order valence-corrected chi connectivity index (χ2v) is 7.38. The van der Waals surface area contributed by atoms with Crippen molar-refractivity contribution in [3.05, 3.63) is 71.6 Å². The van der Waals surface area contributed by atoms with Crippen molar-refractivity contribution in [3.63, 3.8) is 0 Å². The maximum atomic E-state index is 12.8. The third-order valence-electron chi connectivity index (χ3n) is 5.59. The first-order valence-electron chi connectivity index (χ1n) is 10.2. The van der Waals surface area contributed by atoms with E-state index in [-0.39, 0.29) is 11.9 Å². The number of carbonyl (C=O) groups is 1. The standard InChI is InChI=1S/C23H26N4O2/c1-3-18-9-11-20(12-10-18)23(28)27-15-13-26(14-16-27)17(2)22-24-21(25-29-22)19-7-5-4-6-8-19/h4-12,17H,3,13-16H2,1-2H3. The molecule has 1 unspecified atom stereocenters. The lowest BCUT2D eigenvalue weighted by atomic mass is 10.1. The van der Waals surface area contributed by atoms with E-state index in [1.54, 1.807) is 0 Å². The molecule has 1 aromatic heterocycles. The first kappa shape index (κ1) is 19.3. The predicted octanol–water partition coefficient (Wildman–Crippen LogP) is 3.82. The predicted molar refractivity (Wildman–Crippen MR) is 111 cm³/mol. The Balaban J connectivity index is 1.36. The van der Waals surface area contributed by atoms with E-state index >= 15 is 0 Å². The van der Waals surface area contributed by atoms with Gasteiger partial charge in [0.25, 0.3) is 5.91 Å². The average molecular weight is 390 g/mol. The molecule has 0 aliphatic carbocycles. The molecule has 0 N–H and O–H groups in total. The van der Waals surface area contributed by atoms with Gasteiger partial charge in [-0.2, -0.15) is 4.98 Å². The number of benzene rings is 2. The number of hydrogen-bond donors (Lipinski definition) is 0. The lowest BCUT2D eigenvalue weighted by molar-refractivity contribution is 0.0551. The fourth-order valence-corrected chi connectivity index (χ4v) is 3.64. The Labute approximate surface area is 171 Å². The second-order valence-electron chi connectivity index (χ2n) is 7.38. The Hall–Kier alpha value is -2.99. The SMILES string of the molecule is CCc1ccc(C(=O)N2CCN(C(C)c3nc(-c4ccccc4)no3)CC2)cc1. The number of aryl methyl sites for hydroxylation is 1. The smallest absolute Gasteiger partial charge is 0.253 e. The van der Waals surface area contributed by atoms with Gasteiger partial charge >= 0.3 is 0 Å². The van der Waals surface area contributed by atoms with E-state index in [2.05, 4.69) is 28.9 Å². The highest BCUT2D eigenvalue weighted by molar-refractivity contribution is 5.94. The molecular weight excluding hydrogens is 364 g/mol. The van der Waals surface area contributed by atoms with Gasteiger partial charge in [-0.25, -0.2) is 0 Å². The molecule has 0 saturated carbocycles. The summed E-state index contributed by atoms with van der Waals surface area (Å²) in [6, 6.07) is 17.8. The van der Waals surface area contributed by atoms with Gasteiger partial charge in [-0.05, 0) is 31.0 Å². The molecule has 1 atom stereocenters. The number of aromatic nitrogens is 2. The summed E-state index contributed by atoms with van der Waals surface area (Å²) in [7, 11) is 0. The maximum absolute atomic E-state index is 12.8. The number of nitrogens with zero attached hydrogens (tertiary/aromatic N) is 4. The molecule has 2 aromatic carbocycles. The molecule has 0 radical (unpaired) electrons. The van der Waals surface area contributed by atoms with Gasteiger partial charge in [0.2, 0.25) is 11.7 Å². The van der Waals surface area contributed by atoms with Crippen molar-refractivity contribution < 1.29 is 9.32 Å². The Kier molecular flexibility index (Phi) is 5.71. The summed E-state index contributed by atoms with van der Waals surface area (Å²) in [6.45, 7) is 7.13. The van der Waals surface area contributed by atoms with Crippen molar-refractivity contribution in [1.29, 1.82) is 0 Å². The van der Waals surface area contributed by atoms with Crippen LogP contribution in [0.2, 0.25) is 0 Å². The second kappa shape index (κ2) is 8.57. The molecule has 2 heterocycles. The van der Waals surface area contributed by atoms with Crippen LogP contribution >= 0.6 is 0 Å². The molecule has 1 fully saturated rings. The maximum Gasteiger partial charge on any atom is 0.253 e. The van der Waals surface area contributed by atoms with E-state index in [0.717, 1.165) is 30.6 Å². The molecule has 1 amide bonds. The van der Waals surface area contributed by atoms with Crippen molar-refractivity contribution >= 4 is 5.91 Å². The van der Waals surface area contributed by atoms with Gasteiger partial charge in [-0.15, -0.1) is 0 Å². The number of piperazine rings is 1. The van der Waals surface area contributed by atoms with Gasteiger partial charge in [-0.3, -0.25) is 9.69 Å².